The fourth-order valence-electron chi connectivity index (χ4n) is 2.79. The van der Waals surface area contributed by atoms with Crippen molar-refractivity contribution >= 4 is 17.0 Å². The van der Waals surface area contributed by atoms with Crippen LogP contribution in [0.1, 0.15) is 17.5 Å². The third kappa shape index (κ3) is 2.23. The van der Waals surface area contributed by atoms with Crippen LogP contribution in [-0.2, 0) is 0 Å². The smallest absolute Gasteiger partial charge is 0.145 e. The maximum Gasteiger partial charge on any atom is 0.145 e. The molecule has 4 rings (SSSR count). The molecule has 4 heteroatoms. The van der Waals surface area contributed by atoms with Gasteiger partial charge in [0.2, 0.25) is 0 Å². The lowest BCUT2D eigenvalue weighted by atomic mass is 9.96. The van der Waals surface area contributed by atoms with Gasteiger partial charge in [-0.1, -0.05) is 24.3 Å². The third-order valence-corrected chi connectivity index (χ3v) is 3.83. The maximum atomic E-state index is 13.3. The zero-order valence-electron chi connectivity index (χ0n) is 12.1. The van der Waals surface area contributed by atoms with Crippen molar-refractivity contribution in [2.24, 2.45) is 4.99 Å². The van der Waals surface area contributed by atoms with Crippen molar-refractivity contribution < 1.29 is 9.13 Å². The van der Waals surface area contributed by atoms with Gasteiger partial charge >= 0.3 is 0 Å². The van der Waals surface area contributed by atoms with Crippen molar-refractivity contribution in [2.45, 2.75) is 6.42 Å². The van der Waals surface area contributed by atoms with Gasteiger partial charge in [0, 0.05) is 12.0 Å². The number of allylic oxidation sites excluding steroid dienone is 4. The summed E-state index contributed by atoms with van der Waals surface area (Å²) in [6.07, 6.45) is 6.86. The fraction of sp³-hybridized carbons (Fsp3) is 0.0526. The molecule has 0 unspecified atom stereocenters. The Hall–Kier alpha value is -3.19. The summed E-state index contributed by atoms with van der Waals surface area (Å²) in [4.78, 5) is 4.62. The predicted octanol–water partition coefficient (Wildman–Crippen LogP) is 4.92. The second kappa shape index (κ2) is 5.22. The number of hydrogen-bond donors (Lipinski definition) is 0. The van der Waals surface area contributed by atoms with Crippen LogP contribution in [0.4, 0.5) is 10.1 Å². The predicted molar refractivity (Wildman–Crippen MR) is 86.5 cm³/mol. The molecule has 3 nitrogen and oxygen atoms in total. The van der Waals surface area contributed by atoms with Crippen LogP contribution in [-0.4, -0.2) is 5.71 Å². The average molecular weight is 302 g/mol. The minimum Gasteiger partial charge on any atom is -0.455 e. The van der Waals surface area contributed by atoms with Crippen molar-refractivity contribution in [3.05, 3.63) is 71.6 Å². The first kappa shape index (κ1) is 13.5. The van der Waals surface area contributed by atoms with E-state index in [4.69, 9.17) is 10.00 Å². The molecule has 0 spiro atoms. The molecule has 1 aliphatic heterocycles. The molecule has 0 fully saturated rings. The molecule has 0 N–H and O–H groups in total. The van der Waals surface area contributed by atoms with E-state index in [-0.39, 0.29) is 5.56 Å². The van der Waals surface area contributed by atoms with Crippen LogP contribution < -0.4 is 4.74 Å². The van der Waals surface area contributed by atoms with Crippen molar-refractivity contribution in [3.8, 4) is 17.6 Å². The molecule has 1 heterocycles. The molecule has 2 aromatic rings. The Morgan fingerprint density at radius 1 is 1.17 bits per heavy atom. The normalized spacial score (nSPS) is 14.4. The molecule has 0 bridgehead atoms. The zero-order valence-corrected chi connectivity index (χ0v) is 12.1. The summed E-state index contributed by atoms with van der Waals surface area (Å²) in [6.45, 7) is 0. The largest absolute Gasteiger partial charge is 0.455 e. The first-order chi connectivity index (χ1) is 11.3. The highest BCUT2D eigenvalue weighted by atomic mass is 19.1. The lowest BCUT2D eigenvalue weighted by molar-refractivity contribution is 0.478. The van der Waals surface area contributed by atoms with E-state index in [1.165, 1.54) is 18.2 Å². The molecule has 0 aromatic heterocycles. The first-order valence-electron chi connectivity index (χ1n) is 7.22. The molecular formula is C19H11FN2O. The van der Waals surface area contributed by atoms with Crippen LogP contribution in [0.15, 0.2) is 59.6 Å². The lowest BCUT2D eigenvalue weighted by Gasteiger charge is -2.13. The summed E-state index contributed by atoms with van der Waals surface area (Å²) in [7, 11) is 0. The minimum absolute atomic E-state index is 0.166. The van der Waals surface area contributed by atoms with Gasteiger partial charge < -0.3 is 4.74 Å². The van der Waals surface area contributed by atoms with E-state index >= 15 is 0 Å². The molecule has 0 radical (unpaired) electrons. The van der Waals surface area contributed by atoms with E-state index in [1.54, 1.807) is 0 Å². The number of fused-ring (bicyclic) bond motifs is 3. The number of rotatable bonds is 2. The van der Waals surface area contributed by atoms with Gasteiger partial charge in [-0.3, -0.25) is 4.99 Å². The van der Waals surface area contributed by atoms with Crippen molar-refractivity contribution in [1.29, 1.82) is 5.26 Å². The molecule has 0 amide bonds. The van der Waals surface area contributed by atoms with Gasteiger partial charge in [0.05, 0.1) is 22.5 Å². The van der Waals surface area contributed by atoms with Crippen molar-refractivity contribution in [3.63, 3.8) is 0 Å². The molecule has 0 saturated heterocycles. The zero-order chi connectivity index (χ0) is 15.8. The Morgan fingerprint density at radius 2 is 2.09 bits per heavy atom. The number of halogens is 1. The summed E-state index contributed by atoms with van der Waals surface area (Å²) in [6, 6.07) is 11.5. The highest BCUT2D eigenvalue weighted by Gasteiger charge is 2.25. The van der Waals surface area contributed by atoms with Gasteiger partial charge in [0.1, 0.15) is 23.4 Å². The standard InChI is InChI=1S/C19H11FN2O/c20-13-8-9-17(12(10-13)11-21)23-18-7-3-6-16-19(18)14-4-1-2-5-15(14)22-16/h1-4,6-10H,5H2. The van der Waals surface area contributed by atoms with E-state index in [0.717, 1.165) is 29.0 Å². The summed E-state index contributed by atoms with van der Waals surface area (Å²) in [5.41, 5.74) is 3.99. The Bertz CT molecular complexity index is 948. The third-order valence-electron chi connectivity index (χ3n) is 3.83. The van der Waals surface area contributed by atoms with Crippen LogP contribution in [0.5, 0.6) is 11.5 Å². The van der Waals surface area contributed by atoms with E-state index in [0.29, 0.717) is 11.5 Å². The molecule has 0 atom stereocenters. The molecule has 110 valence electrons. The quantitative estimate of drug-likeness (QED) is 0.790. The van der Waals surface area contributed by atoms with E-state index < -0.39 is 5.82 Å². The maximum absolute atomic E-state index is 13.3. The fourth-order valence-corrected chi connectivity index (χ4v) is 2.79. The van der Waals surface area contributed by atoms with Crippen LogP contribution in [0.2, 0.25) is 0 Å². The number of aliphatic imine (C=N–C) groups is 1. The number of hydrogen-bond acceptors (Lipinski definition) is 3. The highest BCUT2D eigenvalue weighted by molar-refractivity contribution is 6.30. The van der Waals surface area contributed by atoms with Crippen molar-refractivity contribution in [1.82, 2.24) is 0 Å². The molecule has 1 aliphatic carbocycles. The van der Waals surface area contributed by atoms with Crippen LogP contribution in [0.3, 0.4) is 0 Å². The van der Waals surface area contributed by atoms with Gasteiger partial charge in [-0.2, -0.15) is 5.26 Å². The van der Waals surface area contributed by atoms with Crippen LogP contribution >= 0.6 is 0 Å². The summed E-state index contributed by atoms with van der Waals surface area (Å²) < 4.78 is 19.2. The van der Waals surface area contributed by atoms with Crippen LogP contribution in [0, 0.1) is 17.1 Å². The molecule has 0 saturated carbocycles. The van der Waals surface area contributed by atoms with E-state index in [9.17, 15) is 4.39 Å². The number of benzene rings is 2. The summed E-state index contributed by atoms with van der Waals surface area (Å²) in [5, 5.41) is 9.16. The summed E-state index contributed by atoms with van der Waals surface area (Å²) in [5.74, 6) is 0.492. The molecular weight excluding hydrogens is 291 g/mol. The Balaban J connectivity index is 1.80. The topological polar surface area (TPSA) is 45.4 Å². The number of nitriles is 1. The SMILES string of the molecule is N#Cc1cc(F)ccc1Oc1cccc2c1C1=CC=CCC1=N2. The van der Waals surface area contributed by atoms with Gasteiger partial charge in [-0.25, -0.2) is 4.39 Å². The average Bonchev–Trinajstić information content (AvgIpc) is 2.96. The van der Waals surface area contributed by atoms with Crippen LogP contribution in [0.25, 0.3) is 5.57 Å². The van der Waals surface area contributed by atoms with Gasteiger partial charge in [0.15, 0.2) is 0 Å². The molecule has 23 heavy (non-hydrogen) atoms. The van der Waals surface area contributed by atoms with Gasteiger partial charge in [-0.15, -0.1) is 0 Å². The number of ether oxygens (including phenoxy) is 1. The second-order valence-electron chi connectivity index (χ2n) is 5.28. The number of nitrogens with zero attached hydrogens (tertiary/aromatic N) is 2. The second-order valence-corrected chi connectivity index (χ2v) is 5.28. The minimum atomic E-state index is -0.460. The van der Waals surface area contributed by atoms with Gasteiger partial charge in [-0.05, 0) is 30.3 Å². The Morgan fingerprint density at radius 3 is 2.96 bits per heavy atom. The van der Waals surface area contributed by atoms with Gasteiger partial charge in [0.25, 0.3) is 0 Å². The Labute approximate surface area is 132 Å². The molecule has 2 aromatic carbocycles. The first-order valence-corrected chi connectivity index (χ1v) is 7.22. The van der Waals surface area contributed by atoms with E-state index in [1.807, 2.05) is 36.4 Å². The van der Waals surface area contributed by atoms with E-state index in [2.05, 4.69) is 11.1 Å². The highest BCUT2D eigenvalue weighted by Crippen LogP contribution is 2.44. The lowest BCUT2D eigenvalue weighted by Crippen LogP contribution is -2.00. The molecule has 2 aliphatic rings. The summed E-state index contributed by atoms with van der Waals surface area (Å²) >= 11 is 0. The van der Waals surface area contributed by atoms with Crippen molar-refractivity contribution in [2.75, 3.05) is 0 Å². The Kier molecular flexibility index (Phi) is 3.06. The monoisotopic (exact) mass is 302 g/mol.